The lowest BCUT2D eigenvalue weighted by Crippen LogP contribution is -2.02. The molecule has 0 aliphatic heterocycles. The van der Waals surface area contributed by atoms with Gasteiger partial charge in [0.05, 0.1) is 5.69 Å². The van der Waals surface area contributed by atoms with Gasteiger partial charge in [0.15, 0.2) is 0 Å². The highest BCUT2D eigenvalue weighted by molar-refractivity contribution is 8.13. The molecule has 1 aromatic heterocycles. The van der Waals surface area contributed by atoms with E-state index < -0.39 is 9.05 Å². The quantitative estimate of drug-likeness (QED) is 0.644. The predicted molar refractivity (Wildman–Crippen MR) is 41.7 cm³/mol. The zero-order chi connectivity index (χ0) is 8.48. The van der Waals surface area contributed by atoms with E-state index >= 15 is 0 Å². The van der Waals surface area contributed by atoms with E-state index in [2.05, 4.69) is 5.10 Å². The van der Waals surface area contributed by atoms with Crippen molar-refractivity contribution in [2.45, 2.75) is 5.75 Å². The fourth-order valence-corrected chi connectivity index (χ4v) is 1.69. The number of halogens is 1. The van der Waals surface area contributed by atoms with Gasteiger partial charge in [-0.2, -0.15) is 5.10 Å². The minimum absolute atomic E-state index is 0.176. The zero-order valence-electron chi connectivity index (χ0n) is 5.86. The summed E-state index contributed by atoms with van der Waals surface area (Å²) < 4.78 is 22.6. The van der Waals surface area contributed by atoms with Crippen molar-refractivity contribution in [2.24, 2.45) is 7.05 Å². The molecule has 62 valence electrons. The minimum atomic E-state index is -3.46. The van der Waals surface area contributed by atoms with Crippen LogP contribution in [0.2, 0.25) is 0 Å². The Morgan fingerprint density at radius 2 is 2.36 bits per heavy atom. The second-order valence-corrected chi connectivity index (χ2v) is 4.91. The van der Waals surface area contributed by atoms with E-state index in [0.29, 0.717) is 5.69 Å². The van der Waals surface area contributed by atoms with Crippen LogP contribution in [0.15, 0.2) is 12.3 Å². The van der Waals surface area contributed by atoms with Gasteiger partial charge in [0.2, 0.25) is 9.05 Å². The molecule has 0 aliphatic rings. The van der Waals surface area contributed by atoms with Crippen molar-refractivity contribution in [1.82, 2.24) is 9.78 Å². The van der Waals surface area contributed by atoms with Crippen LogP contribution in [0.25, 0.3) is 0 Å². The molecule has 0 bridgehead atoms. The van der Waals surface area contributed by atoms with Crippen LogP contribution in [0.4, 0.5) is 0 Å². The highest BCUT2D eigenvalue weighted by Crippen LogP contribution is 2.07. The van der Waals surface area contributed by atoms with Crippen LogP contribution in [0.5, 0.6) is 0 Å². The Morgan fingerprint density at radius 1 is 1.73 bits per heavy atom. The Kier molecular flexibility index (Phi) is 2.20. The first-order chi connectivity index (χ1) is 4.99. The molecule has 0 saturated carbocycles. The molecule has 0 fully saturated rings. The zero-order valence-corrected chi connectivity index (χ0v) is 7.43. The fourth-order valence-electron chi connectivity index (χ4n) is 0.720. The standard InChI is InChI=1S/C5H7ClN2O2S/c1-8-5(2-3-7-8)4-11(6,9)10/h2-3H,4H2,1H3. The van der Waals surface area contributed by atoms with Crippen LogP contribution in [0.1, 0.15) is 5.69 Å². The maximum absolute atomic E-state index is 10.6. The maximum atomic E-state index is 10.6. The van der Waals surface area contributed by atoms with E-state index in [9.17, 15) is 8.42 Å². The van der Waals surface area contributed by atoms with Crippen LogP contribution < -0.4 is 0 Å². The number of hydrogen-bond acceptors (Lipinski definition) is 3. The SMILES string of the molecule is Cn1nccc1CS(=O)(=O)Cl. The average Bonchev–Trinajstić information content (AvgIpc) is 2.12. The van der Waals surface area contributed by atoms with E-state index in [-0.39, 0.29) is 5.75 Å². The number of aromatic nitrogens is 2. The van der Waals surface area contributed by atoms with Crippen LogP contribution in [0, 0.1) is 0 Å². The first-order valence-electron chi connectivity index (χ1n) is 2.88. The molecular weight excluding hydrogens is 188 g/mol. The summed E-state index contributed by atoms with van der Waals surface area (Å²) >= 11 is 0. The van der Waals surface area contributed by atoms with Gasteiger partial charge in [0, 0.05) is 23.9 Å². The third-order valence-corrected chi connectivity index (χ3v) is 2.21. The Morgan fingerprint density at radius 3 is 2.73 bits per heavy atom. The molecule has 0 aromatic carbocycles. The summed E-state index contributed by atoms with van der Waals surface area (Å²) in [5.74, 6) is -0.176. The summed E-state index contributed by atoms with van der Waals surface area (Å²) in [5, 5.41) is 3.79. The summed E-state index contributed by atoms with van der Waals surface area (Å²) in [4.78, 5) is 0. The molecule has 0 unspecified atom stereocenters. The molecule has 0 amide bonds. The summed E-state index contributed by atoms with van der Waals surface area (Å²) in [6.07, 6.45) is 1.53. The minimum Gasteiger partial charge on any atom is -0.272 e. The lowest BCUT2D eigenvalue weighted by Gasteiger charge is -1.96. The fraction of sp³-hybridized carbons (Fsp3) is 0.400. The molecule has 1 heterocycles. The van der Waals surface area contributed by atoms with Crippen LogP contribution in [-0.2, 0) is 21.9 Å². The maximum Gasteiger partial charge on any atom is 0.238 e. The highest BCUT2D eigenvalue weighted by atomic mass is 35.7. The van der Waals surface area contributed by atoms with Gasteiger partial charge in [0.1, 0.15) is 5.75 Å². The average molecular weight is 195 g/mol. The second kappa shape index (κ2) is 2.83. The van der Waals surface area contributed by atoms with Crippen LogP contribution >= 0.6 is 10.7 Å². The molecule has 6 heteroatoms. The largest absolute Gasteiger partial charge is 0.272 e. The lowest BCUT2D eigenvalue weighted by molar-refractivity contribution is 0.605. The van der Waals surface area contributed by atoms with Gasteiger partial charge in [-0.3, -0.25) is 4.68 Å². The molecule has 0 radical (unpaired) electrons. The Bertz CT molecular complexity index is 343. The molecule has 4 nitrogen and oxygen atoms in total. The second-order valence-electron chi connectivity index (χ2n) is 2.13. The van der Waals surface area contributed by atoms with Crippen LogP contribution in [-0.4, -0.2) is 18.2 Å². The first kappa shape index (κ1) is 8.55. The van der Waals surface area contributed by atoms with Gasteiger partial charge >= 0.3 is 0 Å². The number of aryl methyl sites for hydroxylation is 1. The van der Waals surface area contributed by atoms with E-state index in [4.69, 9.17) is 10.7 Å². The Labute approximate surface area is 69.2 Å². The summed E-state index contributed by atoms with van der Waals surface area (Å²) in [5.41, 5.74) is 0.583. The molecule has 0 N–H and O–H groups in total. The Balaban J connectivity index is 2.89. The van der Waals surface area contributed by atoms with E-state index in [1.807, 2.05) is 0 Å². The predicted octanol–water partition coefficient (Wildman–Crippen LogP) is 0.489. The van der Waals surface area contributed by atoms with Crippen molar-refractivity contribution in [3.8, 4) is 0 Å². The third kappa shape index (κ3) is 2.51. The van der Waals surface area contributed by atoms with Gasteiger partial charge in [-0.25, -0.2) is 8.42 Å². The number of rotatable bonds is 2. The van der Waals surface area contributed by atoms with Gasteiger partial charge in [-0.1, -0.05) is 0 Å². The highest BCUT2D eigenvalue weighted by Gasteiger charge is 2.09. The molecule has 0 spiro atoms. The molecule has 0 atom stereocenters. The summed E-state index contributed by atoms with van der Waals surface area (Å²) in [6.45, 7) is 0. The van der Waals surface area contributed by atoms with E-state index in [1.54, 1.807) is 13.1 Å². The molecule has 1 rings (SSSR count). The van der Waals surface area contributed by atoms with Gasteiger partial charge in [-0.15, -0.1) is 0 Å². The summed E-state index contributed by atoms with van der Waals surface area (Å²) in [7, 11) is 3.23. The third-order valence-electron chi connectivity index (χ3n) is 1.24. The molecule has 11 heavy (non-hydrogen) atoms. The number of nitrogens with zero attached hydrogens (tertiary/aromatic N) is 2. The molecule has 0 aliphatic carbocycles. The van der Waals surface area contributed by atoms with Crippen molar-refractivity contribution >= 4 is 19.7 Å². The monoisotopic (exact) mass is 194 g/mol. The van der Waals surface area contributed by atoms with Gasteiger partial charge < -0.3 is 0 Å². The summed E-state index contributed by atoms with van der Waals surface area (Å²) in [6, 6.07) is 1.61. The topological polar surface area (TPSA) is 52.0 Å². The Hall–Kier alpha value is -0.550. The molecule has 1 aromatic rings. The number of hydrogen-bond donors (Lipinski definition) is 0. The normalized spacial score (nSPS) is 11.8. The molecule has 0 saturated heterocycles. The molecular formula is C5H7ClN2O2S. The van der Waals surface area contributed by atoms with E-state index in [1.165, 1.54) is 10.9 Å². The first-order valence-corrected chi connectivity index (χ1v) is 5.36. The van der Waals surface area contributed by atoms with Crippen molar-refractivity contribution < 1.29 is 8.42 Å². The van der Waals surface area contributed by atoms with Crippen molar-refractivity contribution in [3.63, 3.8) is 0 Å². The van der Waals surface area contributed by atoms with Gasteiger partial charge in [0.25, 0.3) is 0 Å². The lowest BCUT2D eigenvalue weighted by atomic mass is 10.5. The van der Waals surface area contributed by atoms with E-state index in [0.717, 1.165) is 0 Å². The van der Waals surface area contributed by atoms with Crippen LogP contribution in [0.3, 0.4) is 0 Å². The van der Waals surface area contributed by atoms with Gasteiger partial charge in [-0.05, 0) is 6.07 Å². The smallest absolute Gasteiger partial charge is 0.238 e. The van der Waals surface area contributed by atoms with Crippen molar-refractivity contribution in [2.75, 3.05) is 0 Å². The van der Waals surface area contributed by atoms with Crippen molar-refractivity contribution in [1.29, 1.82) is 0 Å². The van der Waals surface area contributed by atoms with Crippen molar-refractivity contribution in [3.05, 3.63) is 18.0 Å².